The van der Waals surface area contributed by atoms with Crippen LogP contribution >= 0.6 is 0 Å². The number of piperazine rings is 1. The molecule has 180 valence electrons. The van der Waals surface area contributed by atoms with E-state index in [9.17, 15) is 13.2 Å². The second-order valence-corrected chi connectivity index (χ2v) is 9.40. The van der Waals surface area contributed by atoms with Gasteiger partial charge in [-0.25, -0.2) is 8.42 Å². The SMILES string of the molecule is CCN(CC)S(=O)(=O)c1ccc(C(=O)N2CCN(c3ccc(OCCOC)nn3)CC2)cc1. The molecule has 3 rings (SSSR count). The molecule has 0 unspecified atom stereocenters. The third-order valence-electron chi connectivity index (χ3n) is 5.50. The number of hydrogen-bond donors (Lipinski definition) is 0. The van der Waals surface area contributed by atoms with E-state index in [4.69, 9.17) is 9.47 Å². The highest BCUT2D eigenvalue weighted by atomic mass is 32.2. The van der Waals surface area contributed by atoms with Gasteiger partial charge in [-0.05, 0) is 30.3 Å². The smallest absolute Gasteiger partial charge is 0.253 e. The van der Waals surface area contributed by atoms with Crippen molar-refractivity contribution in [2.45, 2.75) is 18.7 Å². The predicted octanol–water partition coefficient (Wildman–Crippen LogP) is 1.49. The molecule has 0 saturated carbocycles. The van der Waals surface area contributed by atoms with Crippen LogP contribution in [0.4, 0.5) is 5.82 Å². The normalized spacial score (nSPS) is 14.5. The molecule has 33 heavy (non-hydrogen) atoms. The first-order valence-electron chi connectivity index (χ1n) is 11.0. The van der Waals surface area contributed by atoms with Crippen LogP contribution in [-0.2, 0) is 14.8 Å². The van der Waals surface area contributed by atoms with Gasteiger partial charge in [0.15, 0.2) is 5.82 Å². The van der Waals surface area contributed by atoms with Gasteiger partial charge in [0.1, 0.15) is 6.61 Å². The van der Waals surface area contributed by atoms with E-state index in [1.54, 1.807) is 44.1 Å². The van der Waals surface area contributed by atoms with E-state index in [-0.39, 0.29) is 10.8 Å². The lowest BCUT2D eigenvalue weighted by molar-refractivity contribution is 0.0746. The highest BCUT2D eigenvalue weighted by molar-refractivity contribution is 7.89. The first-order chi connectivity index (χ1) is 15.9. The van der Waals surface area contributed by atoms with E-state index in [1.165, 1.54) is 16.4 Å². The molecule has 1 aromatic heterocycles. The number of nitrogens with zero attached hydrogens (tertiary/aromatic N) is 5. The molecule has 1 fully saturated rings. The summed E-state index contributed by atoms with van der Waals surface area (Å²) in [4.78, 5) is 16.9. The molecule has 0 bridgehead atoms. The van der Waals surface area contributed by atoms with Crippen molar-refractivity contribution in [1.29, 1.82) is 0 Å². The number of sulfonamides is 1. The monoisotopic (exact) mass is 477 g/mol. The van der Waals surface area contributed by atoms with Crippen LogP contribution in [0, 0.1) is 0 Å². The van der Waals surface area contributed by atoms with Crippen molar-refractivity contribution in [3.8, 4) is 5.88 Å². The number of carbonyl (C=O) groups excluding carboxylic acids is 1. The van der Waals surface area contributed by atoms with E-state index in [0.29, 0.717) is 63.9 Å². The Bertz CT molecular complexity index is 1000. The van der Waals surface area contributed by atoms with Gasteiger partial charge < -0.3 is 19.3 Å². The van der Waals surface area contributed by atoms with Gasteiger partial charge in [0, 0.05) is 58.0 Å². The maximum absolute atomic E-state index is 12.9. The fourth-order valence-electron chi connectivity index (χ4n) is 3.59. The molecule has 0 atom stereocenters. The first kappa shape index (κ1) is 24.9. The van der Waals surface area contributed by atoms with Crippen molar-refractivity contribution in [2.75, 3.05) is 64.5 Å². The van der Waals surface area contributed by atoms with Crippen LogP contribution in [0.2, 0.25) is 0 Å². The van der Waals surface area contributed by atoms with Gasteiger partial charge in [0.25, 0.3) is 5.91 Å². The van der Waals surface area contributed by atoms with Crippen molar-refractivity contribution < 1.29 is 22.7 Å². The zero-order valence-electron chi connectivity index (χ0n) is 19.3. The van der Waals surface area contributed by atoms with Gasteiger partial charge >= 0.3 is 0 Å². The Morgan fingerprint density at radius 3 is 2.18 bits per heavy atom. The van der Waals surface area contributed by atoms with Crippen molar-refractivity contribution >= 4 is 21.7 Å². The number of anilines is 1. The Morgan fingerprint density at radius 2 is 1.64 bits per heavy atom. The lowest BCUT2D eigenvalue weighted by Gasteiger charge is -2.35. The quantitative estimate of drug-likeness (QED) is 0.474. The maximum Gasteiger partial charge on any atom is 0.253 e. The molecule has 1 aliphatic rings. The number of aromatic nitrogens is 2. The molecule has 1 amide bonds. The van der Waals surface area contributed by atoms with Crippen molar-refractivity contribution in [1.82, 2.24) is 19.4 Å². The molecular formula is C22H31N5O5S. The van der Waals surface area contributed by atoms with Crippen LogP contribution in [0.3, 0.4) is 0 Å². The summed E-state index contributed by atoms with van der Waals surface area (Å²) in [6, 6.07) is 9.79. The number of benzene rings is 1. The molecule has 10 nitrogen and oxygen atoms in total. The molecule has 1 saturated heterocycles. The molecular weight excluding hydrogens is 446 g/mol. The lowest BCUT2D eigenvalue weighted by Crippen LogP contribution is -2.49. The Labute approximate surface area is 195 Å². The zero-order chi connectivity index (χ0) is 23.8. The highest BCUT2D eigenvalue weighted by Crippen LogP contribution is 2.19. The fraction of sp³-hybridized carbons (Fsp3) is 0.500. The largest absolute Gasteiger partial charge is 0.474 e. The molecule has 1 aromatic carbocycles. The molecule has 0 aliphatic carbocycles. The fourth-order valence-corrected chi connectivity index (χ4v) is 5.05. The molecule has 0 N–H and O–H groups in total. The Morgan fingerprint density at radius 1 is 0.970 bits per heavy atom. The van der Waals surface area contributed by atoms with Crippen molar-refractivity contribution in [3.05, 3.63) is 42.0 Å². The minimum absolute atomic E-state index is 0.116. The average Bonchev–Trinajstić information content (AvgIpc) is 2.85. The molecule has 2 aromatic rings. The Balaban J connectivity index is 1.57. The van der Waals surface area contributed by atoms with E-state index in [2.05, 4.69) is 15.1 Å². The van der Waals surface area contributed by atoms with Gasteiger partial charge in [-0.1, -0.05) is 13.8 Å². The summed E-state index contributed by atoms with van der Waals surface area (Å²) < 4.78 is 37.0. The minimum atomic E-state index is -3.54. The first-order valence-corrected chi connectivity index (χ1v) is 12.4. The maximum atomic E-state index is 12.9. The molecule has 0 radical (unpaired) electrons. The number of rotatable bonds is 10. The summed E-state index contributed by atoms with van der Waals surface area (Å²) in [5.41, 5.74) is 0.472. The summed E-state index contributed by atoms with van der Waals surface area (Å²) in [7, 11) is -1.94. The molecule has 0 spiro atoms. The molecule has 2 heterocycles. The summed E-state index contributed by atoms with van der Waals surface area (Å²) in [5.74, 6) is 1.05. The Hall–Kier alpha value is -2.76. The van der Waals surface area contributed by atoms with Gasteiger partial charge in [-0.2, -0.15) is 4.31 Å². The van der Waals surface area contributed by atoms with Crippen LogP contribution < -0.4 is 9.64 Å². The van der Waals surface area contributed by atoms with Gasteiger partial charge in [0.05, 0.1) is 11.5 Å². The van der Waals surface area contributed by atoms with E-state index >= 15 is 0 Å². The number of amides is 1. The van der Waals surface area contributed by atoms with E-state index in [0.717, 1.165) is 5.82 Å². The van der Waals surface area contributed by atoms with E-state index in [1.807, 2.05) is 6.07 Å². The van der Waals surface area contributed by atoms with Gasteiger partial charge in [-0.3, -0.25) is 4.79 Å². The number of hydrogen-bond acceptors (Lipinski definition) is 8. The van der Waals surface area contributed by atoms with Crippen LogP contribution in [0.15, 0.2) is 41.3 Å². The zero-order valence-corrected chi connectivity index (χ0v) is 20.1. The predicted molar refractivity (Wildman–Crippen MR) is 124 cm³/mol. The topological polar surface area (TPSA) is 105 Å². The second kappa shape index (κ2) is 11.4. The Kier molecular flexibility index (Phi) is 8.59. The van der Waals surface area contributed by atoms with Crippen LogP contribution in [0.25, 0.3) is 0 Å². The minimum Gasteiger partial charge on any atom is -0.474 e. The second-order valence-electron chi connectivity index (χ2n) is 7.46. The highest BCUT2D eigenvalue weighted by Gasteiger charge is 2.25. The van der Waals surface area contributed by atoms with Crippen LogP contribution in [-0.4, -0.2) is 93.3 Å². The lowest BCUT2D eigenvalue weighted by atomic mass is 10.2. The van der Waals surface area contributed by atoms with Gasteiger partial charge in [0.2, 0.25) is 15.9 Å². The van der Waals surface area contributed by atoms with E-state index < -0.39 is 10.0 Å². The molecule has 1 aliphatic heterocycles. The third kappa shape index (κ3) is 5.98. The summed E-state index contributed by atoms with van der Waals surface area (Å²) >= 11 is 0. The number of methoxy groups -OCH3 is 1. The van der Waals surface area contributed by atoms with Crippen LogP contribution in [0.5, 0.6) is 5.88 Å². The summed E-state index contributed by atoms with van der Waals surface area (Å²) in [6.45, 7) is 7.61. The van der Waals surface area contributed by atoms with Gasteiger partial charge in [-0.15, -0.1) is 10.2 Å². The third-order valence-corrected chi connectivity index (χ3v) is 7.56. The van der Waals surface area contributed by atoms with Crippen molar-refractivity contribution in [3.63, 3.8) is 0 Å². The summed E-state index contributed by atoms with van der Waals surface area (Å²) in [5, 5.41) is 8.29. The number of ether oxygens (including phenoxy) is 2. The summed E-state index contributed by atoms with van der Waals surface area (Å²) in [6.07, 6.45) is 0. The number of carbonyl (C=O) groups is 1. The standard InChI is InChI=1S/C22H31N5O5S/c1-4-27(5-2)33(29,30)19-8-6-18(7-9-19)22(28)26-14-12-25(13-15-26)20-10-11-21(24-23-20)32-17-16-31-3/h6-11H,4-5,12-17H2,1-3H3. The molecule has 11 heteroatoms. The average molecular weight is 478 g/mol. The van der Waals surface area contributed by atoms with Crippen LogP contribution in [0.1, 0.15) is 24.2 Å². The van der Waals surface area contributed by atoms with Crippen molar-refractivity contribution in [2.24, 2.45) is 0 Å².